The van der Waals surface area contributed by atoms with E-state index >= 15 is 0 Å². The van der Waals surface area contributed by atoms with Gasteiger partial charge in [-0.1, -0.05) is 44.4 Å². The number of hydrogen-bond donors (Lipinski definition) is 0. The van der Waals surface area contributed by atoms with Crippen LogP contribution in [0, 0.1) is 0 Å². The van der Waals surface area contributed by atoms with Gasteiger partial charge < -0.3 is 0 Å². The summed E-state index contributed by atoms with van der Waals surface area (Å²) in [5.74, 6) is 0. The van der Waals surface area contributed by atoms with Crippen LogP contribution >= 0.6 is 0 Å². The van der Waals surface area contributed by atoms with Crippen molar-refractivity contribution < 1.29 is 16.8 Å². The zero-order valence-corrected chi connectivity index (χ0v) is 16.4. The summed E-state index contributed by atoms with van der Waals surface area (Å²) in [7, 11) is -7.37. The lowest BCUT2D eigenvalue weighted by Crippen LogP contribution is -2.35. The summed E-state index contributed by atoms with van der Waals surface area (Å²) in [6, 6.07) is 7.66. The van der Waals surface area contributed by atoms with Gasteiger partial charge in [0.1, 0.15) is 5.37 Å². The molecule has 0 bridgehead atoms. The monoisotopic (exact) mass is 373 g/mol. The van der Waals surface area contributed by atoms with Crippen LogP contribution in [0.4, 0.5) is 0 Å². The van der Waals surface area contributed by atoms with Gasteiger partial charge in [0, 0.05) is 0 Å². The number of hydrogen-bond acceptors (Lipinski definition) is 4. The quantitative estimate of drug-likeness (QED) is 0.544. The molecule has 1 aliphatic heterocycles. The van der Waals surface area contributed by atoms with Gasteiger partial charge in [-0.05, 0) is 39.3 Å². The largest absolute Gasteiger partial charge is 0.222 e. The molecule has 1 saturated heterocycles. The van der Waals surface area contributed by atoms with E-state index < -0.39 is 36.0 Å². The summed E-state index contributed by atoms with van der Waals surface area (Å²) >= 11 is 0. The van der Waals surface area contributed by atoms with E-state index in [2.05, 4.69) is 6.92 Å². The Morgan fingerprint density at radius 2 is 1.58 bits per heavy atom. The second-order valence-corrected chi connectivity index (χ2v) is 11.9. The van der Waals surface area contributed by atoms with Crippen LogP contribution in [0.1, 0.15) is 53.4 Å². The second kappa shape index (κ2) is 6.77. The van der Waals surface area contributed by atoms with Crippen LogP contribution in [0.5, 0.6) is 0 Å². The standard InChI is InChI=1S/C17H27NO4S2/c1-5-6-8-13-15-16(18(15)24(21,22)17(2,3)4)23(19,20)14-11-9-7-10-12-14/h7,9-12,15-16H,5-6,8,13H2,1-4H3. The van der Waals surface area contributed by atoms with E-state index in [1.54, 1.807) is 39.0 Å². The van der Waals surface area contributed by atoms with E-state index in [4.69, 9.17) is 0 Å². The first-order valence-electron chi connectivity index (χ1n) is 8.37. The van der Waals surface area contributed by atoms with Gasteiger partial charge in [-0.3, -0.25) is 0 Å². The predicted octanol–water partition coefficient (Wildman–Crippen LogP) is 3.18. The number of rotatable bonds is 7. The molecule has 24 heavy (non-hydrogen) atoms. The topological polar surface area (TPSA) is 71.3 Å². The van der Waals surface area contributed by atoms with Crippen molar-refractivity contribution in [2.45, 2.75) is 74.4 Å². The summed E-state index contributed by atoms with van der Waals surface area (Å²) < 4.78 is 51.6. The number of nitrogens with zero attached hydrogens (tertiary/aromatic N) is 1. The third-order valence-electron chi connectivity index (χ3n) is 4.36. The number of unbranched alkanes of at least 4 members (excludes halogenated alkanes) is 2. The minimum absolute atomic E-state index is 0.183. The van der Waals surface area contributed by atoms with Crippen molar-refractivity contribution in [2.75, 3.05) is 0 Å². The van der Waals surface area contributed by atoms with E-state index in [-0.39, 0.29) is 4.90 Å². The lowest BCUT2D eigenvalue weighted by atomic mass is 10.2. The number of sulfonamides is 1. The summed E-state index contributed by atoms with van der Waals surface area (Å²) in [4.78, 5) is 0.183. The molecule has 136 valence electrons. The Morgan fingerprint density at radius 3 is 2.08 bits per heavy atom. The minimum Gasteiger partial charge on any atom is -0.222 e. The fourth-order valence-corrected chi connectivity index (χ4v) is 7.01. The molecule has 7 heteroatoms. The Bertz CT molecular complexity index is 765. The third-order valence-corrected chi connectivity index (χ3v) is 9.20. The Labute approximate surface area is 146 Å². The van der Waals surface area contributed by atoms with Crippen molar-refractivity contribution in [3.8, 4) is 0 Å². The van der Waals surface area contributed by atoms with Crippen LogP contribution in [0.2, 0.25) is 0 Å². The molecule has 0 radical (unpaired) electrons. The highest BCUT2D eigenvalue weighted by molar-refractivity contribution is 7.95. The molecule has 0 aliphatic carbocycles. The maximum absolute atomic E-state index is 12.9. The highest BCUT2D eigenvalue weighted by Crippen LogP contribution is 2.45. The van der Waals surface area contributed by atoms with Crippen molar-refractivity contribution in [3.63, 3.8) is 0 Å². The third kappa shape index (κ3) is 3.53. The van der Waals surface area contributed by atoms with Gasteiger partial charge in [0.15, 0.2) is 9.84 Å². The molecule has 0 amide bonds. The second-order valence-electron chi connectivity index (χ2n) is 7.26. The Hall–Kier alpha value is -0.920. The molecule has 0 N–H and O–H groups in total. The zero-order valence-electron chi connectivity index (χ0n) is 14.8. The summed E-state index contributed by atoms with van der Waals surface area (Å²) in [5, 5.41) is -0.971. The van der Waals surface area contributed by atoms with Crippen LogP contribution < -0.4 is 0 Å². The Kier molecular flexibility index (Phi) is 5.47. The van der Waals surface area contributed by atoms with Crippen molar-refractivity contribution in [1.82, 2.24) is 4.31 Å². The smallest absolute Gasteiger partial charge is 0.220 e. The van der Waals surface area contributed by atoms with E-state index in [9.17, 15) is 16.8 Å². The highest BCUT2D eigenvalue weighted by atomic mass is 32.2. The van der Waals surface area contributed by atoms with Gasteiger partial charge in [-0.2, -0.15) is 4.31 Å². The molecular weight excluding hydrogens is 346 g/mol. The van der Waals surface area contributed by atoms with E-state index in [0.29, 0.717) is 6.42 Å². The minimum atomic E-state index is -3.70. The molecule has 0 aromatic heterocycles. The summed E-state index contributed by atoms with van der Waals surface area (Å²) in [5.41, 5.74) is 0. The van der Waals surface area contributed by atoms with Crippen LogP contribution in [0.15, 0.2) is 35.2 Å². The van der Waals surface area contributed by atoms with Gasteiger partial charge in [-0.15, -0.1) is 0 Å². The molecule has 1 aromatic carbocycles. The highest BCUT2D eigenvalue weighted by Gasteiger charge is 2.63. The fourth-order valence-electron chi connectivity index (χ4n) is 2.83. The first-order chi connectivity index (χ1) is 11.0. The van der Waals surface area contributed by atoms with Crippen molar-refractivity contribution >= 4 is 19.9 Å². The predicted molar refractivity (Wildman–Crippen MR) is 95.9 cm³/mol. The Morgan fingerprint density at radius 1 is 1.00 bits per heavy atom. The van der Waals surface area contributed by atoms with Crippen LogP contribution in [-0.4, -0.2) is 37.3 Å². The average Bonchev–Trinajstić information content (AvgIpc) is 3.23. The van der Waals surface area contributed by atoms with Crippen molar-refractivity contribution in [2.24, 2.45) is 0 Å². The van der Waals surface area contributed by atoms with Crippen LogP contribution in [0.3, 0.4) is 0 Å². The van der Waals surface area contributed by atoms with Gasteiger partial charge in [-0.25, -0.2) is 16.8 Å². The molecule has 0 spiro atoms. The maximum Gasteiger partial charge on any atom is 0.220 e. The molecular formula is C17H27NO4S2. The van der Waals surface area contributed by atoms with E-state index in [1.807, 2.05) is 0 Å². The summed E-state index contributed by atoms with van der Waals surface area (Å²) in [6.07, 6.45) is 3.39. The van der Waals surface area contributed by atoms with Gasteiger partial charge in [0.25, 0.3) is 0 Å². The molecule has 3 unspecified atom stereocenters. The van der Waals surface area contributed by atoms with Gasteiger partial charge >= 0.3 is 0 Å². The first kappa shape index (κ1) is 19.4. The fraction of sp³-hybridized carbons (Fsp3) is 0.647. The van der Waals surface area contributed by atoms with Gasteiger partial charge in [0.05, 0.1) is 15.7 Å². The zero-order chi connectivity index (χ0) is 18.2. The average molecular weight is 374 g/mol. The lowest BCUT2D eigenvalue weighted by Gasteiger charge is -2.20. The molecule has 5 nitrogen and oxygen atoms in total. The van der Waals surface area contributed by atoms with E-state index in [0.717, 1.165) is 19.3 Å². The molecule has 2 rings (SSSR count). The molecule has 1 heterocycles. The van der Waals surface area contributed by atoms with Crippen LogP contribution in [0.25, 0.3) is 0 Å². The molecule has 1 aliphatic rings. The number of sulfone groups is 1. The molecule has 1 aromatic rings. The van der Waals surface area contributed by atoms with Crippen molar-refractivity contribution in [1.29, 1.82) is 0 Å². The van der Waals surface area contributed by atoms with Crippen LogP contribution in [-0.2, 0) is 19.9 Å². The number of benzene rings is 1. The van der Waals surface area contributed by atoms with E-state index in [1.165, 1.54) is 16.4 Å². The molecule has 0 saturated carbocycles. The maximum atomic E-state index is 12.9. The molecule has 3 atom stereocenters. The molecule has 1 fully saturated rings. The Balaban J connectivity index is 2.36. The normalized spacial score (nSPS) is 24.8. The first-order valence-corrected chi connectivity index (χ1v) is 11.4. The SMILES string of the molecule is CCCCCC1C(S(=O)(=O)c2ccccc2)N1S(=O)(=O)C(C)(C)C. The lowest BCUT2D eigenvalue weighted by molar-refractivity contribution is 0.505. The van der Waals surface area contributed by atoms with Crippen molar-refractivity contribution in [3.05, 3.63) is 30.3 Å². The van der Waals surface area contributed by atoms with Gasteiger partial charge in [0.2, 0.25) is 10.0 Å². The summed E-state index contributed by atoms with van der Waals surface area (Å²) in [6.45, 7) is 6.89.